The zero-order valence-electron chi connectivity index (χ0n) is 20.8. The Morgan fingerprint density at radius 3 is 2.52 bits per heavy atom. The van der Waals surface area contributed by atoms with Crippen LogP contribution in [0.15, 0.2) is 85.2 Å². The predicted octanol–water partition coefficient (Wildman–Crippen LogP) is 4.57. The fourth-order valence-electron chi connectivity index (χ4n) is 4.11. The lowest BCUT2D eigenvalue weighted by molar-refractivity contribution is -0.117. The van der Waals surface area contributed by atoms with Crippen molar-refractivity contribution in [3.8, 4) is 16.9 Å². The van der Waals surface area contributed by atoms with Crippen LogP contribution >= 0.6 is 23.2 Å². The maximum atomic E-state index is 13.1. The standard InChI is InChI=1S/C28H22Cl2N8O2/c29-21-11-12-23(38-16-32-36-37-38)20(15-21)10-13-24(39)33-22(14-17-4-2-1-3-5-17)28-34-25(26(30)35-28)18-6-8-19(9-7-18)27(31)40/h1-13,15-16,22H,14H2,(H2,31,40)(H,33,39)(H,34,35)/t22-/m0/s1. The Bertz CT molecular complexity index is 1670. The number of primary amides is 1. The van der Waals surface area contributed by atoms with Crippen LogP contribution in [0.5, 0.6) is 0 Å². The minimum absolute atomic E-state index is 0.301. The Kier molecular flexibility index (Phi) is 7.99. The maximum absolute atomic E-state index is 13.1. The van der Waals surface area contributed by atoms with Crippen molar-refractivity contribution in [3.05, 3.63) is 118 Å². The number of nitrogens with one attached hydrogen (secondary N) is 2. The fraction of sp³-hybridized carbons (Fsp3) is 0.0714. The SMILES string of the molecule is NC(=O)c1ccc(-c2nc([C@H](Cc3ccccc3)NC(=O)C=Cc3cc(Cl)ccc3-n3cnnn3)[nH]c2Cl)cc1. The number of tetrazole rings is 1. The summed E-state index contributed by atoms with van der Waals surface area (Å²) in [6.45, 7) is 0. The number of benzene rings is 3. The molecule has 0 aliphatic rings. The third kappa shape index (κ3) is 6.25. The van der Waals surface area contributed by atoms with Crippen LogP contribution in [-0.2, 0) is 11.2 Å². The van der Waals surface area contributed by atoms with Gasteiger partial charge in [-0.05, 0) is 58.8 Å². The van der Waals surface area contributed by atoms with E-state index >= 15 is 0 Å². The van der Waals surface area contributed by atoms with E-state index in [9.17, 15) is 9.59 Å². The number of imidazole rings is 1. The summed E-state index contributed by atoms with van der Waals surface area (Å²) in [5.74, 6) is -0.410. The van der Waals surface area contributed by atoms with Crippen molar-refractivity contribution < 1.29 is 9.59 Å². The second-order valence-corrected chi connectivity index (χ2v) is 9.58. The number of amides is 2. The van der Waals surface area contributed by atoms with Gasteiger partial charge in [0.05, 0.1) is 11.7 Å². The normalized spacial score (nSPS) is 11.9. The Hall–Kier alpha value is -4.80. The van der Waals surface area contributed by atoms with E-state index in [-0.39, 0.29) is 5.91 Å². The monoisotopic (exact) mass is 572 g/mol. The van der Waals surface area contributed by atoms with E-state index in [0.717, 1.165) is 5.56 Å². The third-order valence-corrected chi connectivity index (χ3v) is 6.56. The summed E-state index contributed by atoms with van der Waals surface area (Å²) in [5, 5.41) is 15.1. The van der Waals surface area contributed by atoms with Crippen LogP contribution < -0.4 is 11.1 Å². The quantitative estimate of drug-likeness (QED) is 0.220. The number of hydrogen-bond acceptors (Lipinski definition) is 6. The average molecular weight is 573 g/mol. The zero-order valence-corrected chi connectivity index (χ0v) is 22.3. The van der Waals surface area contributed by atoms with Crippen molar-refractivity contribution >= 4 is 41.1 Å². The number of aromatic nitrogens is 6. The molecular weight excluding hydrogens is 551 g/mol. The van der Waals surface area contributed by atoms with Crippen molar-refractivity contribution in [2.45, 2.75) is 12.5 Å². The molecule has 4 N–H and O–H groups in total. The summed E-state index contributed by atoms with van der Waals surface area (Å²) in [4.78, 5) is 32.4. The van der Waals surface area contributed by atoms with Gasteiger partial charge in [-0.15, -0.1) is 5.10 Å². The Labute approximate surface area is 238 Å². The molecule has 0 saturated heterocycles. The van der Waals surface area contributed by atoms with E-state index in [2.05, 4.69) is 25.8 Å². The number of H-pyrrole nitrogens is 1. The van der Waals surface area contributed by atoms with Gasteiger partial charge in [-0.3, -0.25) is 9.59 Å². The molecule has 0 saturated carbocycles. The van der Waals surface area contributed by atoms with Crippen LogP contribution in [0.2, 0.25) is 10.2 Å². The number of nitrogens with zero attached hydrogens (tertiary/aromatic N) is 5. The molecule has 3 aromatic carbocycles. The van der Waals surface area contributed by atoms with Crippen LogP contribution in [-0.4, -0.2) is 42.0 Å². The first-order valence-corrected chi connectivity index (χ1v) is 12.8. The second kappa shape index (κ2) is 11.9. The van der Waals surface area contributed by atoms with E-state index < -0.39 is 11.9 Å². The third-order valence-electron chi connectivity index (χ3n) is 6.05. The summed E-state index contributed by atoms with van der Waals surface area (Å²) in [6.07, 6.45) is 4.96. The van der Waals surface area contributed by atoms with Crippen molar-refractivity contribution in [2.24, 2.45) is 5.73 Å². The topological polar surface area (TPSA) is 144 Å². The van der Waals surface area contributed by atoms with Gasteiger partial charge in [0.2, 0.25) is 11.8 Å². The molecule has 0 radical (unpaired) electrons. The van der Waals surface area contributed by atoms with Crippen molar-refractivity contribution in [1.29, 1.82) is 0 Å². The molecule has 0 bridgehead atoms. The number of carbonyl (C=O) groups is 2. The van der Waals surface area contributed by atoms with Gasteiger partial charge >= 0.3 is 0 Å². The molecule has 1 atom stereocenters. The lowest BCUT2D eigenvalue weighted by Crippen LogP contribution is -2.29. The van der Waals surface area contributed by atoms with Crippen LogP contribution in [0.4, 0.5) is 0 Å². The molecule has 2 heterocycles. The number of nitrogens with two attached hydrogens (primary N) is 1. The predicted molar refractivity (Wildman–Crippen MR) is 152 cm³/mol. The number of carbonyl (C=O) groups excluding carboxylic acids is 2. The van der Waals surface area contributed by atoms with E-state index in [1.165, 1.54) is 17.1 Å². The molecule has 0 aliphatic carbocycles. The molecule has 0 fully saturated rings. The van der Waals surface area contributed by atoms with Gasteiger partial charge < -0.3 is 16.0 Å². The average Bonchev–Trinajstić information content (AvgIpc) is 3.62. The van der Waals surface area contributed by atoms with E-state index in [0.29, 0.717) is 50.5 Å². The smallest absolute Gasteiger partial charge is 0.248 e. The highest BCUT2D eigenvalue weighted by Crippen LogP contribution is 2.29. The summed E-state index contributed by atoms with van der Waals surface area (Å²) in [5.41, 5.74) is 9.20. The first-order valence-electron chi connectivity index (χ1n) is 12.1. The van der Waals surface area contributed by atoms with Crippen LogP contribution in [0.1, 0.15) is 33.4 Å². The molecule has 5 rings (SSSR count). The van der Waals surface area contributed by atoms with E-state index in [1.54, 1.807) is 48.5 Å². The number of hydrogen-bond donors (Lipinski definition) is 3. The van der Waals surface area contributed by atoms with Crippen molar-refractivity contribution in [1.82, 2.24) is 35.5 Å². The highest BCUT2D eigenvalue weighted by Gasteiger charge is 2.21. The molecule has 2 amide bonds. The second-order valence-electron chi connectivity index (χ2n) is 8.77. The molecule has 0 aliphatic heterocycles. The van der Waals surface area contributed by atoms with Gasteiger partial charge in [0.1, 0.15) is 23.0 Å². The molecule has 12 heteroatoms. The number of halogens is 2. The van der Waals surface area contributed by atoms with Gasteiger partial charge in [-0.25, -0.2) is 4.98 Å². The molecule has 200 valence electrons. The largest absolute Gasteiger partial charge is 0.366 e. The highest BCUT2D eigenvalue weighted by atomic mass is 35.5. The first-order chi connectivity index (χ1) is 19.4. The molecule has 2 aromatic heterocycles. The van der Waals surface area contributed by atoms with Gasteiger partial charge in [0.15, 0.2) is 0 Å². The van der Waals surface area contributed by atoms with Gasteiger partial charge in [-0.2, -0.15) is 4.68 Å². The lowest BCUT2D eigenvalue weighted by Gasteiger charge is -2.16. The molecule has 5 aromatic rings. The maximum Gasteiger partial charge on any atom is 0.248 e. The molecule has 0 unspecified atom stereocenters. The fourth-order valence-corrected chi connectivity index (χ4v) is 4.54. The minimum atomic E-state index is -0.533. The minimum Gasteiger partial charge on any atom is -0.366 e. The zero-order chi connectivity index (χ0) is 28.1. The van der Waals surface area contributed by atoms with Crippen LogP contribution in [0.3, 0.4) is 0 Å². The van der Waals surface area contributed by atoms with E-state index in [1.807, 2.05) is 30.3 Å². The molecular formula is C28H22Cl2N8O2. The van der Waals surface area contributed by atoms with Crippen molar-refractivity contribution in [3.63, 3.8) is 0 Å². The van der Waals surface area contributed by atoms with Gasteiger partial charge in [0, 0.05) is 27.8 Å². The summed E-state index contributed by atoms with van der Waals surface area (Å²) in [6, 6.07) is 21.0. The Morgan fingerprint density at radius 2 is 1.82 bits per heavy atom. The molecule has 40 heavy (non-hydrogen) atoms. The molecule has 0 spiro atoms. The first kappa shape index (κ1) is 26.8. The van der Waals surface area contributed by atoms with Crippen molar-refractivity contribution in [2.75, 3.05) is 0 Å². The lowest BCUT2D eigenvalue weighted by atomic mass is 10.1. The molecule has 10 nitrogen and oxygen atoms in total. The summed E-state index contributed by atoms with van der Waals surface area (Å²) >= 11 is 12.7. The van der Waals surface area contributed by atoms with Crippen LogP contribution in [0, 0.1) is 0 Å². The Morgan fingerprint density at radius 1 is 1.05 bits per heavy atom. The van der Waals surface area contributed by atoms with Gasteiger partial charge in [0.25, 0.3) is 0 Å². The number of aromatic amines is 1. The van der Waals surface area contributed by atoms with Crippen LogP contribution in [0.25, 0.3) is 23.0 Å². The summed E-state index contributed by atoms with van der Waals surface area (Å²) in [7, 11) is 0. The van der Waals surface area contributed by atoms with E-state index in [4.69, 9.17) is 33.9 Å². The number of rotatable bonds is 9. The van der Waals surface area contributed by atoms with Gasteiger partial charge in [-0.1, -0.05) is 65.7 Å². The Balaban J connectivity index is 1.42. The highest BCUT2D eigenvalue weighted by molar-refractivity contribution is 6.32. The summed E-state index contributed by atoms with van der Waals surface area (Å²) < 4.78 is 1.48.